The summed E-state index contributed by atoms with van der Waals surface area (Å²) in [7, 11) is 0. The standard InChI is InChI=1S/C24H34N2O3/c1-24(2,3)29-21-10-8-20(9-11-21)18-26-15-12-19(13-16-26)6-4-7-22(27)23-25-14-5-17-28-23/h5,8-11,14,19H,4,6-7,12-13,15-18H2,1-3H3. The highest BCUT2D eigenvalue weighted by Gasteiger charge is 2.20. The van der Waals surface area contributed by atoms with Crippen LogP contribution in [0.15, 0.2) is 41.5 Å². The van der Waals surface area contributed by atoms with E-state index in [2.05, 4.69) is 54.9 Å². The molecular weight excluding hydrogens is 364 g/mol. The SMILES string of the molecule is CC(C)(C)Oc1ccc(CN2CCC(CCCC(=O)C3=NC=CCO3)CC2)cc1. The molecule has 2 aliphatic heterocycles. The van der Waals surface area contributed by atoms with Gasteiger partial charge in [-0.05, 0) is 89.2 Å². The highest BCUT2D eigenvalue weighted by molar-refractivity contribution is 6.36. The molecule has 1 aromatic carbocycles. The second-order valence-corrected chi connectivity index (χ2v) is 9.02. The molecule has 0 bridgehead atoms. The van der Waals surface area contributed by atoms with Gasteiger partial charge in [-0.25, -0.2) is 4.99 Å². The van der Waals surface area contributed by atoms with Gasteiger partial charge in [-0.1, -0.05) is 12.1 Å². The molecule has 2 aliphatic rings. The van der Waals surface area contributed by atoms with E-state index in [1.54, 1.807) is 12.3 Å². The van der Waals surface area contributed by atoms with Crippen molar-refractivity contribution in [3.8, 4) is 5.75 Å². The molecule has 29 heavy (non-hydrogen) atoms. The second kappa shape index (κ2) is 10.1. The summed E-state index contributed by atoms with van der Waals surface area (Å²) in [5.41, 5.74) is 1.17. The van der Waals surface area contributed by atoms with Gasteiger partial charge in [0, 0.05) is 19.2 Å². The van der Waals surface area contributed by atoms with E-state index in [1.165, 1.54) is 18.4 Å². The van der Waals surface area contributed by atoms with Crippen LogP contribution < -0.4 is 4.74 Å². The fourth-order valence-electron chi connectivity index (χ4n) is 3.85. The Morgan fingerprint density at radius 3 is 2.55 bits per heavy atom. The zero-order chi connectivity index (χ0) is 20.7. The third-order valence-electron chi connectivity index (χ3n) is 5.33. The number of likely N-dealkylation sites (tertiary alicyclic amines) is 1. The lowest BCUT2D eigenvalue weighted by Gasteiger charge is -2.32. The predicted molar refractivity (Wildman–Crippen MR) is 116 cm³/mol. The molecule has 1 aromatic rings. The molecule has 0 saturated carbocycles. The number of rotatable bonds is 8. The molecule has 0 spiro atoms. The van der Waals surface area contributed by atoms with Crippen molar-refractivity contribution in [3.05, 3.63) is 42.1 Å². The summed E-state index contributed by atoms with van der Waals surface area (Å²) >= 11 is 0. The van der Waals surface area contributed by atoms with E-state index in [1.807, 2.05) is 0 Å². The van der Waals surface area contributed by atoms with Crippen LogP contribution in [-0.2, 0) is 16.1 Å². The molecule has 158 valence electrons. The average Bonchev–Trinajstić information content (AvgIpc) is 2.70. The number of carbonyl (C=O) groups is 1. The average molecular weight is 399 g/mol. The molecular formula is C24H34N2O3. The van der Waals surface area contributed by atoms with Gasteiger partial charge in [0.2, 0.25) is 5.78 Å². The van der Waals surface area contributed by atoms with Crippen LogP contribution in [-0.4, -0.2) is 41.9 Å². The first-order valence-corrected chi connectivity index (χ1v) is 10.8. The van der Waals surface area contributed by atoms with Crippen LogP contribution in [0.1, 0.15) is 58.4 Å². The Hall–Kier alpha value is -2.14. The zero-order valence-corrected chi connectivity index (χ0v) is 18.0. The second-order valence-electron chi connectivity index (χ2n) is 9.02. The molecule has 0 unspecified atom stereocenters. The smallest absolute Gasteiger partial charge is 0.258 e. The van der Waals surface area contributed by atoms with Crippen LogP contribution >= 0.6 is 0 Å². The van der Waals surface area contributed by atoms with E-state index in [0.717, 1.165) is 44.1 Å². The number of benzene rings is 1. The summed E-state index contributed by atoms with van der Waals surface area (Å²) in [5, 5.41) is 0. The van der Waals surface area contributed by atoms with E-state index < -0.39 is 0 Å². The first-order chi connectivity index (χ1) is 13.9. The number of piperidine rings is 1. The lowest BCUT2D eigenvalue weighted by atomic mass is 9.91. The summed E-state index contributed by atoms with van der Waals surface area (Å²) in [6.07, 6.45) is 8.44. The van der Waals surface area contributed by atoms with Crippen molar-refractivity contribution in [2.75, 3.05) is 19.7 Å². The number of aliphatic imine (C=N–C) groups is 1. The topological polar surface area (TPSA) is 51.1 Å². The van der Waals surface area contributed by atoms with Crippen LogP contribution in [0.2, 0.25) is 0 Å². The fourth-order valence-corrected chi connectivity index (χ4v) is 3.85. The normalized spacial score (nSPS) is 18.2. The molecule has 1 fully saturated rings. The summed E-state index contributed by atoms with van der Waals surface area (Å²) in [5.74, 6) is 1.96. The lowest BCUT2D eigenvalue weighted by molar-refractivity contribution is -0.114. The number of ketones is 1. The van der Waals surface area contributed by atoms with Crippen molar-refractivity contribution >= 4 is 11.7 Å². The van der Waals surface area contributed by atoms with Crippen molar-refractivity contribution in [2.24, 2.45) is 10.9 Å². The predicted octanol–water partition coefficient (Wildman–Crippen LogP) is 4.76. The summed E-state index contributed by atoms with van der Waals surface area (Å²) < 4.78 is 11.2. The van der Waals surface area contributed by atoms with Crippen LogP contribution in [0.4, 0.5) is 0 Å². The maximum Gasteiger partial charge on any atom is 0.258 e. The molecule has 0 amide bonds. The summed E-state index contributed by atoms with van der Waals surface area (Å²) in [6, 6.07) is 8.48. The summed E-state index contributed by atoms with van der Waals surface area (Å²) in [6.45, 7) is 9.89. The van der Waals surface area contributed by atoms with Crippen LogP contribution in [0.25, 0.3) is 0 Å². The Balaban J connectivity index is 1.34. The van der Waals surface area contributed by atoms with Crippen LogP contribution in [0.3, 0.4) is 0 Å². The third-order valence-corrected chi connectivity index (χ3v) is 5.33. The Morgan fingerprint density at radius 2 is 1.93 bits per heavy atom. The van der Waals surface area contributed by atoms with Gasteiger partial charge in [-0.15, -0.1) is 0 Å². The zero-order valence-electron chi connectivity index (χ0n) is 18.0. The maximum atomic E-state index is 12.1. The van der Waals surface area contributed by atoms with Crippen LogP contribution in [0.5, 0.6) is 5.75 Å². The van der Waals surface area contributed by atoms with Crippen LogP contribution in [0, 0.1) is 5.92 Å². The quantitative estimate of drug-likeness (QED) is 0.634. The number of hydrogen-bond donors (Lipinski definition) is 0. The number of hydrogen-bond acceptors (Lipinski definition) is 5. The fraction of sp³-hybridized carbons (Fsp3) is 0.583. The number of carbonyl (C=O) groups excluding carboxylic acids is 1. The Labute approximate surface area is 174 Å². The number of nitrogens with zero attached hydrogens (tertiary/aromatic N) is 2. The minimum Gasteiger partial charge on any atom is -0.488 e. The summed E-state index contributed by atoms with van der Waals surface area (Å²) in [4.78, 5) is 18.6. The molecule has 0 N–H and O–H groups in total. The van der Waals surface area contributed by atoms with E-state index in [9.17, 15) is 4.79 Å². The van der Waals surface area contributed by atoms with E-state index in [4.69, 9.17) is 9.47 Å². The molecule has 3 rings (SSSR count). The van der Waals surface area contributed by atoms with Crippen molar-refractivity contribution in [2.45, 2.75) is 65.0 Å². The van der Waals surface area contributed by atoms with E-state index in [0.29, 0.717) is 13.0 Å². The monoisotopic (exact) mass is 398 g/mol. The van der Waals surface area contributed by atoms with Gasteiger partial charge < -0.3 is 9.47 Å². The first kappa shape index (κ1) is 21.6. The number of ether oxygens (including phenoxy) is 2. The van der Waals surface area contributed by atoms with E-state index in [-0.39, 0.29) is 17.3 Å². The van der Waals surface area contributed by atoms with Crippen molar-refractivity contribution < 1.29 is 14.3 Å². The molecule has 1 saturated heterocycles. The van der Waals surface area contributed by atoms with Gasteiger partial charge in [0.25, 0.3) is 5.90 Å². The van der Waals surface area contributed by atoms with Crippen molar-refractivity contribution in [1.29, 1.82) is 0 Å². The Kier molecular flexibility index (Phi) is 7.48. The van der Waals surface area contributed by atoms with Gasteiger partial charge in [0.05, 0.1) is 0 Å². The highest BCUT2D eigenvalue weighted by atomic mass is 16.5. The van der Waals surface area contributed by atoms with Crippen molar-refractivity contribution in [1.82, 2.24) is 4.90 Å². The maximum absolute atomic E-state index is 12.1. The molecule has 0 radical (unpaired) electrons. The Morgan fingerprint density at radius 1 is 1.21 bits per heavy atom. The van der Waals surface area contributed by atoms with Gasteiger partial charge >= 0.3 is 0 Å². The van der Waals surface area contributed by atoms with Gasteiger partial charge in [-0.3, -0.25) is 9.69 Å². The lowest BCUT2D eigenvalue weighted by Crippen LogP contribution is -2.33. The molecule has 0 atom stereocenters. The molecule has 5 nitrogen and oxygen atoms in total. The van der Waals surface area contributed by atoms with Gasteiger partial charge in [0.1, 0.15) is 18.0 Å². The largest absolute Gasteiger partial charge is 0.488 e. The molecule has 0 aromatic heterocycles. The van der Waals surface area contributed by atoms with E-state index >= 15 is 0 Å². The molecule has 2 heterocycles. The van der Waals surface area contributed by atoms with Crippen molar-refractivity contribution in [3.63, 3.8) is 0 Å². The third kappa shape index (κ3) is 7.32. The highest BCUT2D eigenvalue weighted by Crippen LogP contribution is 2.25. The first-order valence-electron chi connectivity index (χ1n) is 10.8. The molecule has 0 aliphatic carbocycles. The minimum atomic E-state index is -0.165. The molecule has 5 heteroatoms. The minimum absolute atomic E-state index is 0.0330. The number of Topliss-reactive ketones (excluding diaryl/α,β-unsaturated/α-hetero) is 1. The Bertz CT molecular complexity index is 723. The van der Waals surface area contributed by atoms with Gasteiger partial charge in [0.15, 0.2) is 0 Å². The van der Waals surface area contributed by atoms with Gasteiger partial charge in [-0.2, -0.15) is 0 Å².